The van der Waals surface area contributed by atoms with Crippen LogP contribution in [0.25, 0.3) is 0 Å². The van der Waals surface area contributed by atoms with E-state index in [1.807, 2.05) is 31.2 Å². The van der Waals surface area contributed by atoms with Crippen LogP contribution in [0.3, 0.4) is 0 Å². The van der Waals surface area contributed by atoms with Gasteiger partial charge in [-0.1, -0.05) is 18.2 Å². The van der Waals surface area contributed by atoms with Gasteiger partial charge in [0.15, 0.2) is 6.61 Å². The van der Waals surface area contributed by atoms with Gasteiger partial charge >= 0.3 is 0 Å². The van der Waals surface area contributed by atoms with Crippen molar-refractivity contribution in [3.05, 3.63) is 29.8 Å². The number of carbonyl (C=O) groups excluding carboxylic acids is 1. The molecular weight excluding hydrogens is 218 g/mol. The lowest BCUT2D eigenvalue weighted by Gasteiger charge is -2.16. The first kappa shape index (κ1) is 11.9. The highest BCUT2D eigenvalue weighted by Crippen LogP contribution is 2.16. The minimum absolute atomic E-state index is 0.0393. The zero-order valence-corrected chi connectivity index (χ0v) is 9.93. The molecule has 2 rings (SSSR count). The summed E-state index contributed by atoms with van der Waals surface area (Å²) < 4.78 is 5.47. The highest BCUT2D eigenvalue weighted by Gasteiger charge is 2.24. The van der Waals surface area contributed by atoms with Crippen molar-refractivity contribution in [2.75, 3.05) is 19.7 Å². The van der Waals surface area contributed by atoms with Crippen molar-refractivity contribution in [2.24, 2.45) is 0 Å². The molecule has 92 valence electrons. The predicted molar refractivity (Wildman–Crippen MR) is 63.9 cm³/mol. The quantitative estimate of drug-likeness (QED) is 0.849. The maximum absolute atomic E-state index is 11.8. The minimum atomic E-state index is -0.377. The Morgan fingerprint density at radius 1 is 1.53 bits per heavy atom. The van der Waals surface area contributed by atoms with Gasteiger partial charge in [0.2, 0.25) is 0 Å². The standard InChI is InChI=1S/C13H17NO3/c1-10-4-2-3-5-12(10)17-9-13(16)14-7-6-11(15)8-14/h2-5,11,15H,6-9H2,1H3. The third-order valence-corrected chi connectivity index (χ3v) is 2.96. The van der Waals surface area contributed by atoms with Gasteiger partial charge in [-0.3, -0.25) is 4.79 Å². The molecule has 1 heterocycles. The van der Waals surface area contributed by atoms with Crippen molar-refractivity contribution in [3.63, 3.8) is 0 Å². The summed E-state index contributed by atoms with van der Waals surface area (Å²) in [6, 6.07) is 7.61. The number of hydrogen-bond acceptors (Lipinski definition) is 3. The van der Waals surface area contributed by atoms with E-state index in [0.29, 0.717) is 19.5 Å². The Morgan fingerprint density at radius 2 is 2.29 bits per heavy atom. The van der Waals surface area contributed by atoms with E-state index in [-0.39, 0.29) is 18.6 Å². The SMILES string of the molecule is Cc1ccccc1OCC(=O)N1CCC(O)C1. The predicted octanol–water partition coefficient (Wildman–Crippen LogP) is 0.967. The number of aliphatic hydroxyl groups excluding tert-OH is 1. The van der Waals surface area contributed by atoms with Crippen LogP contribution in [0.2, 0.25) is 0 Å². The molecule has 4 nitrogen and oxygen atoms in total. The van der Waals surface area contributed by atoms with E-state index in [1.165, 1.54) is 0 Å². The number of aryl methyl sites for hydroxylation is 1. The van der Waals surface area contributed by atoms with Crippen LogP contribution in [0.15, 0.2) is 24.3 Å². The number of benzene rings is 1. The molecule has 1 atom stereocenters. The van der Waals surface area contributed by atoms with E-state index in [4.69, 9.17) is 4.74 Å². The van der Waals surface area contributed by atoms with E-state index in [9.17, 15) is 9.90 Å². The first-order valence-electron chi connectivity index (χ1n) is 5.81. The van der Waals surface area contributed by atoms with E-state index in [2.05, 4.69) is 0 Å². The van der Waals surface area contributed by atoms with Gasteiger partial charge in [0.25, 0.3) is 5.91 Å². The Bertz CT molecular complexity index is 405. The van der Waals surface area contributed by atoms with Crippen LogP contribution in [-0.2, 0) is 4.79 Å². The van der Waals surface area contributed by atoms with E-state index in [1.54, 1.807) is 4.90 Å². The van der Waals surface area contributed by atoms with E-state index < -0.39 is 0 Å². The molecule has 17 heavy (non-hydrogen) atoms. The number of aliphatic hydroxyl groups is 1. The molecule has 1 saturated heterocycles. The fourth-order valence-electron chi connectivity index (χ4n) is 1.92. The molecule has 1 amide bonds. The summed E-state index contributed by atoms with van der Waals surface area (Å²) in [6.07, 6.45) is 0.285. The number of likely N-dealkylation sites (tertiary alicyclic amines) is 1. The summed E-state index contributed by atoms with van der Waals surface area (Å²) in [7, 11) is 0. The Morgan fingerprint density at radius 3 is 2.94 bits per heavy atom. The molecule has 0 saturated carbocycles. The van der Waals surface area contributed by atoms with Crippen LogP contribution < -0.4 is 4.74 Å². The van der Waals surface area contributed by atoms with E-state index in [0.717, 1.165) is 11.3 Å². The maximum Gasteiger partial charge on any atom is 0.260 e. The summed E-state index contributed by atoms with van der Waals surface area (Å²) in [6.45, 7) is 3.03. The molecular formula is C13H17NO3. The van der Waals surface area contributed by atoms with Crippen LogP contribution >= 0.6 is 0 Å². The molecule has 1 unspecified atom stereocenters. The monoisotopic (exact) mass is 235 g/mol. The van der Waals surface area contributed by atoms with Gasteiger partial charge in [-0.05, 0) is 25.0 Å². The molecule has 0 aliphatic carbocycles. The summed E-state index contributed by atoms with van der Waals surface area (Å²) in [5.74, 6) is 0.672. The number of β-amino-alcohol motifs (C(OH)–C–C–N with tert-alkyl or cyclic N) is 1. The van der Waals surface area contributed by atoms with Gasteiger partial charge < -0.3 is 14.7 Å². The third kappa shape index (κ3) is 2.97. The lowest BCUT2D eigenvalue weighted by Crippen LogP contribution is -2.33. The van der Waals surface area contributed by atoms with Gasteiger partial charge in [-0.25, -0.2) is 0 Å². The number of nitrogens with zero attached hydrogens (tertiary/aromatic N) is 1. The Kier molecular flexibility index (Phi) is 3.64. The number of hydrogen-bond donors (Lipinski definition) is 1. The first-order valence-corrected chi connectivity index (χ1v) is 5.81. The largest absolute Gasteiger partial charge is 0.484 e. The van der Waals surface area contributed by atoms with Gasteiger partial charge in [-0.15, -0.1) is 0 Å². The third-order valence-electron chi connectivity index (χ3n) is 2.96. The average molecular weight is 235 g/mol. The minimum Gasteiger partial charge on any atom is -0.484 e. The maximum atomic E-state index is 11.8. The zero-order chi connectivity index (χ0) is 12.3. The fraction of sp³-hybridized carbons (Fsp3) is 0.462. The van der Waals surface area contributed by atoms with Crippen molar-refractivity contribution in [3.8, 4) is 5.75 Å². The Hall–Kier alpha value is -1.55. The Labute approximate surface area is 101 Å². The number of amides is 1. The van der Waals surface area contributed by atoms with Crippen LogP contribution in [-0.4, -0.2) is 41.7 Å². The Balaban J connectivity index is 1.86. The highest BCUT2D eigenvalue weighted by atomic mass is 16.5. The van der Waals surface area contributed by atoms with Crippen molar-refractivity contribution in [1.82, 2.24) is 4.90 Å². The molecule has 0 aromatic heterocycles. The van der Waals surface area contributed by atoms with Crippen LogP contribution in [0.5, 0.6) is 5.75 Å². The molecule has 1 aliphatic rings. The fourth-order valence-corrected chi connectivity index (χ4v) is 1.92. The van der Waals surface area contributed by atoms with Crippen LogP contribution in [0, 0.1) is 6.92 Å². The first-order chi connectivity index (χ1) is 8.16. The number of rotatable bonds is 3. The molecule has 0 radical (unpaired) electrons. The smallest absolute Gasteiger partial charge is 0.260 e. The molecule has 1 aromatic carbocycles. The lowest BCUT2D eigenvalue weighted by molar-refractivity contribution is -0.132. The topological polar surface area (TPSA) is 49.8 Å². The van der Waals surface area contributed by atoms with Crippen molar-refractivity contribution in [2.45, 2.75) is 19.4 Å². The van der Waals surface area contributed by atoms with Crippen LogP contribution in [0.4, 0.5) is 0 Å². The molecule has 4 heteroatoms. The van der Waals surface area contributed by atoms with Gasteiger partial charge in [-0.2, -0.15) is 0 Å². The summed E-state index contributed by atoms with van der Waals surface area (Å²) >= 11 is 0. The number of ether oxygens (including phenoxy) is 1. The normalized spacial score (nSPS) is 19.4. The highest BCUT2D eigenvalue weighted by molar-refractivity contribution is 5.78. The van der Waals surface area contributed by atoms with Gasteiger partial charge in [0.05, 0.1) is 6.10 Å². The van der Waals surface area contributed by atoms with Gasteiger partial charge in [0, 0.05) is 13.1 Å². The second-order valence-corrected chi connectivity index (χ2v) is 4.34. The lowest BCUT2D eigenvalue weighted by atomic mass is 10.2. The second kappa shape index (κ2) is 5.19. The van der Waals surface area contributed by atoms with E-state index >= 15 is 0 Å². The van der Waals surface area contributed by atoms with Crippen molar-refractivity contribution in [1.29, 1.82) is 0 Å². The van der Waals surface area contributed by atoms with Crippen molar-refractivity contribution < 1.29 is 14.6 Å². The van der Waals surface area contributed by atoms with Crippen LogP contribution in [0.1, 0.15) is 12.0 Å². The molecule has 1 fully saturated rings. The molecule has 1 N–H and O–H groups in total. The van der Waals surface area contributed by atoms with Crippen molar-refractivity contribution >= 4 is 5.91 Å². The zero-order valence-electron chi connectivity index (χ0n) is 9.93. The molecule has 0 spiro atoms. The summed E-state index contributed by atoms with van der Waals surface area (Å²) in [5.41, 5.74) is 1.02. The number of carbonyl (C=O) groups is 1. The van der Waals surface area contributed by atoms with Gasteiger partial charge in [0.1, 0.15) is 5.75 Å². The molecule has 0 bridgehead atoms. The summed E-state index contributed by atoms with van der Waals surface area (Å²) in [5, 5.41) is 9.34. The summed E-state index contributed by atoms with van der Waals surface area (Å²) in [4.78, 5) is 13.4. The average Bonchev–Trinajstić information content (AvgIpc) is 2.74. The molecule has 1 aromatic rings. The number of para-hydroxylation sites is 1. The molecule has 1 aliphatic heterocycles. The second-order valence-electron chi connectivity index (χ2n) is 4.34.